The van der Waals surface area contributed by atoms with E-state index in [9.17, 15) is 4.79 Å². The molecule has 1 N–H and O–H groups in total. The van der Waals surface area contributed by atoms with Crippen molar-refractivity contribution in [3.8, 4) is 0 Å². The second-order valence-corrected chi connectivity index (χ2v) is 7.49. The van der Waals surface area contributed by atoms with E-state index in [1.807, 2.05) is 44.3 Å². The molecule has 1 aliphatic heterocycles. The van der Waals surface area contributed by atoms with Gasteiger partial charge in [0, 0.05) is 38.1 Å². The van der Waals surface area contributed by atoms with Gasteiger partial charge in [0.05, 0.1) is 0 Å². The number of carbonyl (C=O) groups excluding carboxylic acids is 1. The second-order valence-electron chi connectivity index (χ2n) is 7.49. The zero-order valence-corrected chi connectivity index (χ0v) is 16.5. The van der Waals surface area contributed by atoms with Gasteiger partial charge in [-0.1, -0.05) is 43.2 Å². The number of nitrogens with one attached hydrogen (secondary N) is 1. The maximum atomic E-state index is 12.7. The lowest BCUT2D eigenvalue weighted by atomic mass is 10.2. The van der Waals surface area contributed by atoms with Crippen LogP contribution in [-0.4, -0.2) is 37.0 Å². The Labute approximate surface area is 163 Å². The molecule has 0 bridgehead atoms. The van der Waals surface area contributed by atoms with Crippen LogP contribution in [0.1, 0.15) is 38.2 Å². The zero-order valence-electron chi connectivity index (χ0n) is 16.5. The first kappa shape index (κ1) is 19.3. The van der Waals surface area contributed by atoms with E-state index in [4.69, 9.17) is 0 Å². The van der Waals surface area contributed by atoms with Gasteiger partial charge in [0.25, 0.3) is 0 Å². The van der Waals surface area contributed by atoms with E-state index in [1.54, 1.807) is 4.90 Å². The van der Waals surface area contributed by atoms with Gasteiger partial charge in [0.2, 0.25) is 5.91 Å². The molecule has 4 heteroatoms. The Hall–Kier alpha value is -2.49. The highest BCUT2D eigenvalue weighted by molar-refractivity contribution is 5.84. The molecule has 0 saturated carbocycles. The van der Waals surface area contributed by atoms with E-state index in [0.29, 0.717) is 6.54 Å². The number of carbonyl (C=O) groups is 1. The quantitative estimate of drug-likeness (QED) is 0.817. The number of nitrogens with zero attached hydrogens (tertiary/aromatic N) is 2. The zero-order chi connectivity index (χ0) is 19.1. The summed E-state index contributed by atoms with van der Waals surface area (Å²) in [4.78, 5) is 16.9. The minimum atomic E-state index is -0.261. The van der Waals surface area contributed by atoms with E-state index in [2.05, 4.69) is 34.5 Å². The molecule has 1 saturated heterocycles. The summed E-state index contributed by atoms with van der Waals surface area (Å²) in [6, 6.07) is 18.3. The summed E-state index contributed by atoms with van der Waals surface area (Å²) in [5, 5.41) is 3.34. The van der Waals surface area contributed by atoms with E-state index in [-0.39, 0.29) is 11.9 Å². The predicted molar refractivity (Wildman–Crippen MR) is 113 cm³/mol. The number of benzene rings is 2. The molecule has 2 aromatic carbocycles. The van der Waals surface area contributed by atoms with Crippen LogP contribution >= 0.6 is 0 Å². The van der Waals surface area contributed by atoms with Crippen molar-refractivity contribution in [3.05, 3.63) is 60.2 Å². The van der Waals surface area contributed by atoms with Crippen molar-refractivity contribution in [2.24, 2.45) is 0 Å². The Morgan fingerprint density at radius 3 is 2.26 bits per heavy atom. The fourth-order valence-corrected chi connectivity index (χ4v) is 3.67. The molecule has 1 amide bonds. The highest BCUT2D eigenvalue weighted by Crippen LogP contribution is 2.22. The maximum Gasteiger partial charge on any atom is 0.244 e. The smallest absolute Gasteiger partial charge is 0.244 e. The largest absolute Gasteiger partial charge is 0.374 e. The molecule has 4 nitrogen and oxygen atoms in total. The summed E-state index contributed by atoms with van der Waals surface area (Å²) in [5.74, 6) is 0.0930. The SMILES string of the molecule is C[C@H](Nc1ccc(N2CCCCCC2)cc1)C(=O)N(C)Cc1ccccc1. The Bertz CT molecular complexity index is 706. The molecule has 0 radical (unpaired) electrons. The molecule has 0 unspecified atom stereocenters. The molecule has 1 heterocycles. The summed E-state index contributed by atoms with van der Waals surface area (Å²) in [5.41, 5.74) is 3.41. The molecule has 144 valence electrons. The third kappa shape index (κ3) is 5.49. The minimum absolute atomic E-state index is 0.0930. The third-order valence-corrected chi connectivity index (χ3v) is 5.23. The van der Waals surface area contributed by atoms with Gasteiger partial charge in [-0.3, -0.25) is 4.79 Å². The first-order valence-corrected chi connectivity index (χ1v) is 10.0. The van der Waals surface area contributed by atoms with Crippen molar-refractivity contribution in [1.82, 2.24) is 4.90 Å². The minimum Gasteiger partial charge on any atom is -0.374 e. The molecule has 0 aromatic heterocycles. The van der Waals surface area contributed by atoms with Crippen LogP contribution in [0.25, 0.3) is 0 Å². The monoisotopic (exact) mass is 365 g/mol. The molecule has 0 spiro atoms. The first-order chi connectivity index (χ1) is 13.1. The number of anilines is 2. The van der Waals surface area contributed by atoms with Crippen molar-refractivity contribution in [2.45, 2.75) is 45.2 Å². The molecular formula is C23H31N3O. The summed E-state index contributed by atoms with van der Waals surface area (Å²) >= 11 is 0. The van der Waals surface area contributed by atoms with Crippen LogP contribution in [0.2, 0.25) is 0 Å². The fourth-order valence-electron chi connectivity index (χ4n) is 3.67. The van der Waals surface area contributed by atoms with Gasteiger partial charge < -0.3 is 15.1 Å². The molecular weight excluding hydrogens is 334 g/mol. The lowest BCUT2D eigenvalue weighted by Gasteiger charge is -2.24. The maximum absolute atomic E-state index is 12.7. The van der Waals surface area contributed by atoms with Gasteiger partial charge in [-0.05, 0) is 49.6 Å². The Morgan fingerprint density at radius 1 is 1.00 bits per heavy atom. The number of hydrogen-bond acceptors (Lipinski definition) is 3. The van der Waals surface area contributed by atoms with Gasteiger partial charge in [-0.25, -0.2) is 0 Å². The average Bonchev–Trinajstić information content (AvgIpc) is 2.98. The van der Waals surface area contributed by atoms with Gasteiger partial charge in [0.15, 0.2) is 0 Å². The average molecular weight is 366 g/mol. The van der Waals surface area contributed by atoms with Gasteiger partial charge >= 0.3 is 0 Å². The predicted octanol–water partition coefficient (Wildman–Crippen LogP) is 4.53. The van der Waals surface area contributed by atoms with E-state index >= 15 is 0 Å². The number of likely N-dealkylation sites (N-methyl/N-ethyl adjacent to an activating group) is 1. The highest BCUT2D eigenvalue weighted by Gasteiger charge is 2.17. The van der Waals surface area contributed by atoms with Crippen molar-refractivity contribution in [1.29, 1.82) is 0 Å². The molecule has 3 rings (SSSR count). The summed E-state index contributed by atoms with van der Waals surface area (Å²) < 4.78 is 0. The van der Waals surface area contributed by atoms with Crippen molar-refractivity contribution in [3.63, 3.8) is 0 Å². The topological polar surface area (TPSA) is 35.6 Å². The van der Waals surface area contributed by atoms with Crippen LogP contribution < -0.4 is 10.2 Å². The van der Waals surface area contributed by atoms with Crippen LogP contribution in [0.4, 0.5) is 11.4 Å². The molecule has 2 aromatic rings. The molecule has 0 aliphatic carbocycles. The third-order valence-electron chi connectivity index (χ3n) is 5.23. The Morgan fingerprint density at radius 2 is 1.63 bits per heavy atom. The van der Waals surface area contributed by atoms with Crippen molar-refractivity contribution < 1.29 is 4.79 Å². The van der Waals surface area contributed by atoms with E-state index in [0.717, 1.165) is 24.3 Å². The van der Waals surface area contributed by atoms with Gasteiger partial charge in [-0.15, -0.1) is 0 Å². The van der Waals surface area contributed by atoms with Crippen LogP contribution in [0, 0.1) is 0 Å². The lowest BCUT2D eigenvalue weighted by Crippen LogP contribution is -2.38. The van der Waals surface area contributed by atoms with Crippen LogP contribution in [0.3, 0.4) is 0 Å². The summed E-state index contributed by atoms with van der Waals surface area (Å²) in [7, 11) is 1.86. The lowest BCUT2D eigenvalue weighted by molar-refractivity contribution is -0.130. The van der Waals surface area contributed by atoms with Crippen LogP contribution in [-0.2, 0) is 11.3 Å². The van der Waals surface area contributed by atoms with E-state index < -0.39 is 0 Å². The van der Waals surface area contributed by atoms with Crippen LogP contribution in [0.5, 0.6) is 0 Å². The summed E-state index contributed by atoms with van der Waals surface area (Å²) in [6.45, 7) is 4.84. The number of amides is 1. The number of rotatable bonds is 6. The molecule has 1 fully saturated rings. The van der Waals surface area contributed by atoms with Gasteiger partial charge in [0.1, 0.15) is 6.04 Å². The number of hydrogen-bond donors (Lipinski definition) is 1. The summed E-state index contributed by atoms with van der Waals surface area (Å²) in [6.07, 6.45) is 5.23. The Kier molecular flexibility index (Phi) is 6.74. The molecule has 27 heavy (non-hydrogen) atoms. The standard InChI is InChI=1S/C23H31N3O/c1-19(23(27)25(2)18-20-10-6-5-7-11-20)24-21-12-14-22(15-13-21)26-16-8-3-4-9-17-26/h5-7,10-15,19,24H,3-4,8-9,16-18H2,1-2H3/t19-/m0/s1. The van der Waals surface area contributed by atoms with E-state index in [1.165, 1.54) is 31.4 Å². The molecule has 1 atom stereocenters. The second kappa shape index (κ2) is 9.45. The van der Waals surface area contributed by atoms with Crippen molar-refractivity contribution in [2.75, 3.05) is 30.4 Å². The fraction of sp³-hybridized carbons (Fsp3) is 0.435. The van der Waals surface area contributed by atoms with Crippen LogP contribution in [0.15, 0.2) is 54.6 Å². The highest BCUT2D eigenvalue weighted by atomic mass is 16.2. The Balaban J connectivity index is 1.55. The normalized spacial score (nSPS) is 15.7. The van der Waals surface area contributed by atoms with Gasteiger partial charge in [-0.2, -0.15) is 0 Å². The molecule has 1 aliphatic rings. The first-order valence-electron chi connectivity index (χ1n) is 10.0. The van der Waals surface area contributed by atoms with Crippen molar-refractivity contribution >= 4 is 17.3 Å².